The smallest absolute Gasteiger partial charge is 0.255 e. The highest BCUT2D eigenvalue weighted by atomic mass is 16.5. The second kappa shape index (κ2) is 4.78. The normalized spacial score (nSPS) is 31.7. The Kier molecular flexibility index (Phi) is 2.87. The fourth-order valence-electron chi connectivity index (χ4n) is 3.36. The fraction of sp³-hybridized carbons (Fsp3) is 0.312. The van der Waals surface area contributed by atoms with E-state index in [0.717, 1.165) is 10.6 Å². The van der Waals surface area contributed by atoms with Crippen molar-refractivity contribution in [3.8, 4) is 0 Å². The zero-order valence-electron chi connectivity index (χ0n) is 11.6. The number of carbonyl (C=O) groups is 3. The van der Waals surface area contributed by atoms with E-state index in [0.29, 0.717) is 0 Å². The summed E-state index contributed by atoms with van der Waals surface area (Å²) >= 11 is 0. The molecular weight excluding hydrogens is 284 g/mol. The zero-order chi connectivity index (χ0) is 15.3. The maximum atomic E-state index is 12.4. The molecule has 112 valence electrons. The van der Waals surface area contributed by atoms with Gasteiger partial charge in [0, 0.05) is 0 Å². The third-order valence-electron chi connectivity index (χ3n) is 4.35. The summed E-state index contributed by atoms with van der Waals surface area (Å²) in [4.78, 5) is 36.8. The Hall–Kier alpha value is -2.47. The Balaban J connectivity index is 1.47. The van der Waals surface area contributed by atoms with Crippen LogP contribution in [0.2, 0.25) is 0 Å². The molecule has 6 heteroatoms. The SMILES string of the molecule is O=C(Cc1ccccc1)NN1C(=O)[C@@H]2[C@H](C1=O)[C@H]1C=C[C@H]2O1. The molecule has 0 radical (unpaired) electrons. The lowest BCUT2D eigenvalue weighted by Crippen LogP contribution is -2.48. The van der Waals surface area contributed by atoms with E-state index >= 15 is 0 Å². The van der Waals surface area contributed by atoms with Gasteiger partial charge < -0.3 is 4.74 Å². The van der Waals surface area contributed by atoms with Gasteiger partial charge in [-0.15, -0.1) is 0 Å². The van der Waals surface area contributed by atoms with Gasteiger partial charge in [0.2, 0.25) is 5.91 Å². The lowest BCUT2D eigenvalue weighted by Gasteiger charge is -2.18. The van der Waals surface area contributed by atoms with Crippen LogP contribution in [0.4, 0.5) is 0 Å². The van der Waals surface area contributed by atoms with Gasteiger partial charge in [0.25, 0.3) is 11.8 Å². The molecule has 2 fully saturated rings. The van der Waals surface area contributed by atoms with Crippen molar-refractivity contribution < 1.29 is 19.1 Å². The Bertz CT molecular complexity index is 655. The third kappa shape index (κ3) is 1.88. The van der Waals surface area contributed by atoms with Gasteiger partial charge in [-0.2, -0.15) is 5.01 Å². The molecular formula is C16H14N2O4. The molecule has 0 saturated carbocycles. The molecule has 0 aliphatic carbocycles. The average Bonchev–Trinajstić information content (AvgIpc) is 3.18. The first-order chi connectivity index (χ1) is 10.6. The molecule has 1 aromatic carbocycles. The molecule has 2 bridgehead atoms. The Morgan fingerprint density at radius 2 is 1.64 bits per heavy atom. The van der Waals surface area contributed by atoms with E-state index in [-0.39, 0.29) is 36.4 Å². The van der Waals surface area contributed by atoms with Gasteiger partial charge in [-0.05, 0) is 5.56 Å². The minimum absolute atomic E-state index is 0.120. The standard InChI is InChI=1S/C16H14N2O4/c19-12(8-9-4-2-1-3-5-9)17-18-15(20)13-10-6-7-11(22-10)14(13)16(18)21/h1-7,10-11,13-14H,8H2,(H,17,19)/t10-,11-,13-,14+/m1/s1. The van der Waals surface area contributed by atoms with Crippen molar-refractivity contribution >= 4 is 17.7 Å². The molecule has 3 heterocycles. The molecule has 3 amide bonds. The Morgan fingerprint density at radius 1 is 1.05 bits per heavy atom. The van der Waals surface area contributed by atoms with E-state index in [4.69, 9.17) is 4.74 Å². The van der Waals surface area contributed by atoms with Crippen LogP contribution < -0.4 is 5.43 Å². The van der Waals surface area contributed by atoms with Gasteiger partial charge in [-0.3, -0.25) is 19.8 Å². The lowest BCUT2D eigenvalue weighted by atomic mass is 9.85. The number of amides is 3. The van der Waals surface area contributed by atoms with Crippen molar-refractivity contribution in [2.45, 2.75) is 18.6 Å². The van der Waals surface area contributed by atoms with Crippen molar-refractivity contribution in [3.05, 3.63) is 48.0 Å². The van der Waals surface area contributed by atoms with E-state index < -0.39 is 11.8 Å². The van der Waals surface area contributed by atoms with E-state index in [2.05, 4.69) is 5.43 Å². The van der Waals surface area contributed by atoms with Gasteiger partial charge in [-0.25, -0.2) is 0 Å². The van der Waals surface area contributed by atoms with Crippen molar-refractivity contribution in [1.82, 2.24) is 10.4 Å². The summed E-state index contributed by atoms with van der Waals surface area (Å²) in [6.07, 6.45) is 3.05. The summed E-state index contributed by atoms with van der Waals surface area (Å²) in [5, 5.41) is 0.871. The number of rotatable bonds is 3. The van der Waals surface area contributed by atoms with E-state index in [1.54, 1.807) is 0 Å². The second-order valence-corrected chi connectivity index (χ2v) is 5.71. The molecule has 0 spiro atoms. The number of hydrogen-bond donors (Lipinski definition) is 1. The summed E-state index contributed by atoms with van der Waals surface area (Å²) < 4.78 is 5.54. The van der Waals surface area contributed by atoms with Crippen molar-refractivity contribution in [2.75, 3.05) is 0 Å². The van der Waals surface area contributed by atoms with E-state index in [1.807, 2.05) is 42.5 Å². The average molecular weight is 298 g/mol. The molecule has 0 unspecified atom stereocenters. The van der Waals surface area contributed by atoms with Crippen molar-refractivity contribution in [1.29, 1.82) is 0 Å². The van der Waals surface area contributed by atoms with Crippen LogP contribution in [-0.2, 0) is 25.5 Å². The van der Waals surface area contributed by atoms with Crippen molar-refractivity contribution in [2.24, 2.45) is 11.8 Å². The predicted molar refractivity (Wildman–Crippen MR) is 74.9 cm³/mol. The number of ether oxygens (including phenoxy) is 1. The first-order valence-corrected chi connectivity index (χ1v) is 7.20. The van der Waals surface area contributed by atoms with Crippen LogP contribution in [0.1, 0.15) is 5.56 Å². The van der Waals surface area contributed by atoms with Crippen LogP contribution in [0, 0.1) is 11.8 Å². The maximum absolute atomic E-state index is 12.4. The molecule has 4 atom stereocenters. The molecule has 2 saturated heterocycles. The van der Waals surface area contributed by atoms with Crippen LogP contribution in [0.25, 0.3) is 0 Å². The number of nitrogens with zero attached hydrogens (tertiary/aromatic N) is 1. The van der Waals surface area contributed by atoms with E-state index in [1.165, 1.54) is 0 Å². The highest BCUT2D eigenvalue weighted by molar-refractivity contribution is 6.07. The molecule has 0 aromatic heterocycles. The topological polar surface area (TPSA) is 75.7 Å². The first kappa shape index (κ1) is 13.2. The zero-order valence-corrected chi connectivity index (χ0v) is 11.6. The van der Waals surface area contributed by atoms with E-state index in [9.17, 15) is 14.4 Å². The molecule has 1 N–H and O–H groups in total. The summed E-state index contributed by atoms with van der Waals surface area (Å²) in [6.45, 7) is 0. The number of hydrazine groups is 1. The van der Waals surface area contributed by atoms with Gasteiger partial charge in [-0.1, -0.05) is 42.5 Å². The monoisotopic (exact) mass is 298 g/mol. The van der Waals surface area contributed by atoms with Gasteiger partial charge in [0.15, 0.2) is 0 Å². The number of nitrogens with one attached hydrogen (secondary N) is 1. The predicted octanol–water partition coefficient (Wildman–Crippen LogP) is 0.199. The van der Waals surface area contributed by atoms with Crippen LogP contribution in [0.3, 0.4) is 0 Å². The quantitative estimate of drug-likeness (QED) is 0.639. The number of carbonyl (C=O) groups excluding carboxylic acids is 3. The van der Waals surface area contributed by atoms with Gasteiger partial charge in [0.05, 0.1) is 30.5 Å². The molecule has 6 nitrogen and oxygen atoms in total. The molecule has 1 aromatic rings. The summed E-state index contributed by atoms with van der Waals surface area (Å²) in [6, 6.07) is 9.17. The van der Waals surface area contributed by atoms with Crippen LogP contribution in [-0.4, -0.2) is 34.9 Å². The van der Waals surface area contributed by atoms with Crippen LogP contribution in [0.5, 0.6) is 0 Å². The molecule has 4 rings (SSSR count). The second-order valence-electron chi connectivity index (χ2n) is 5.71. The Labute approximate surface area is 126 Å². The van der Waals surface area contributed by atoms with Crippen molar-refractivity contribution in [3.63, 3.8) is 0 Å². The first-order valence-electron chi connectivity index (χ1n) is 7.20. The summed E-state index contributed by atoms with van der Waals surface area (Å²) in [5.74, 6) is -2.14. The highest BCUT2D eigenvalue weighted by Gasteiger charge is 2.61. The number of benzene rings is 1. The number of imide groups is 1. The molecule has 22 heavy (non-hydrogen) atoms. The summed E-state index contributed by atoms with van der Waals surface area (Å²) in [5.41, 5.74) is 3.26. The Morgan fingerprint density at radius 3 is 2.23 bits per heavy atom. The number of hydrogen-bond acceptors (Lipinski definition) is 4. The minimum atomic E-state index is -0.500. The minimum Gasteiger partial charge on any atom is -0.365 e. The van der Waals surface area contributed by atoms with Gasteiger partial charge >= 0.3 is 0 Å². The molecule has 3 aliphatic rings. The highest BCUT2D eigenvalue weighted by Crippen LogP contribution is 2.44. The van der Waals surface area contributed by atoms with Crippen LogP contribution >= 0.6 is 0 Å². The molecule has 3 aliphatic heterocycles. The third-order valence-corrected chi connectivity index (χ3v) is 4.35. The lowest BCUT2D eigenvalue weighted by molar-refractivity contribution is -0.151. The summed E-state index contributed by atoms with van der Waals surface area (Å²) in [7, 11) is 0. The number of fused-ring (bicyclic) bond motifs is 5. The largest absolute Gasteiger partial charge is 0.365 e. The fourth-order valence-corrected chi connectivity index (χ4v) is 3.36. The maximum Gasteiger partial charge on any atom is 0.255 e. The van der Waals surface area contributed by atoms with Gasteiger partial charge in [0.1, 0.15) is 0 Å². The van der Waals surface area contributed by atoms with Crippen LogP contribution in [0.15, 0.2) is 42.5 Å².